The van der Waals surface area contributed by atoms with E-state index in [1.807, 2.05) is 30.3 Å². The molecule has 0 atom stereocenters. The molecule has 1 aromatic heterocycles. The SMILES string of the molecule is CC(C)(O)/C(=C\C#N)n1cnc2ccccc21. The Morgan fingerprint density at radius 1 is 1.47 bits per heavy atom. The number of fused-ring (bicyclic) bond motifs is 1. The molecule has 0 amide bonds. The lowest BCUT2D eigenvalue weighted by Gasteiger charge is -2.22. The first kappa shape index (κ1) is 11.4. The Morgan fingerprint density at radius 2 is 2.18 bits per heavy atom. The highest BCUT2D eigenvalue weighted by molar-refractivity contribution is 5.80. The van der Waals surface area contributed by atoms with Gasteiger partial charge < -0.3 is 5.11 Å². The molecule has 0 spiro atoms. The van der Waals surface area contributed by atoms with Crippen molar-refractivity contribution in [2.75, 3.05) is 0 Å². The minimum Gasteiger partial charge on any atom is -0.384 e. The maximum atomic E-state index is 10.1. The first-order valence-corrected chi connectivity index (χ1v) is 5.29. The molecular weight excluding hydrogens is 214 g/mol. The van der Waals surface area contributed by atoms with Gasteiger partial charge in [0.2, 0.25) is 0 Å². The van der Waals surface area contributed by atoms with Crippen molar-refractivity contribution in [3.05, 3.63) is 36.7 Å². The fraction of sp³-hybridized carbons (Fsp3) is 0.231. The molecule has 0 radical (unpaired) electrons. The Labute approximate surface area is 99.4 Å². The van der Waals surface area contributed by atoms with E-state index in [1.165, 1.54) is 6.08 Å². The second-order valence-corrected chi connectivity index (χ2v) is 4.32. The average Bonchev–Trinajstić information content (AvgIpc) is 2.68. The molecule has 0 fully saturated rings. The fourth-order valence-corrected chi connectivity index (χ4v) is 1.75. The van der Waals surface area contributed by atoms with Crippen LogP contribution in [0.5, 0.6) is 0 Å². The van der Waals surface area contributed by atoms with Gasteiger partial charge >= 0.3 is 0 Å². The number of imidazole rings is 1. The summed E-state index contributed by atoms with van der Waals surface area (Å²) in [5.74, 6) is 0. The van der Waals surface area contributed by atoms with Gasteiger partial charge in [0.25, 0.3) is 0 Å². The van der Waals surface area contributed by atoms with Crippen molar-refractivity contribution < 1.29 is 5.11 Å². The second kappa shape index (κ2) is 4.04. The summed E-state index contributed by atoms with van der Waals surface area (Å²) in [6.07, 6.45) is 2.96. The van der Waals surface area contributed by atoms with Gasteiger partial charge in [-0.2, -0.15) is 5.26 Å². The molecule has 86 valence electrons. The van der Waals surface area contributed by atoms with Crippen molar-refractivity contribution in [2.45, 2.75) is 19.4 Å². The van der Waals surface area contributed by atoms with E-state index in [4.69, 9.17) is 5.26 Å². The number of benzene rings is 1. The highest BCUT2D eigenvalue weighted by Gasteiger charge is 2.22. The minimum atomic E-state index is -1.10. The maximum Gasteiger partial charge on any atom is 0.100 e. The average molecular weight is 227 g/mol. The molecule has 1 N–H and O–H groups in total. The molecular formula is C13H13N3O. The molecule has 0 unspecified atom stereocenters. The van der Waals surface area contributed by atoms with Gasteiger partial charge in [0.1, 0.15) is 11.9 Å². The number of rotatable bonds is 2. The van der Waals surface area contributed by atoms with Gasteiger partial charge in [-0.15, -0.1) is 0 Å². The highest BCUT2D eigenvalue weighted by Crippen LogP contribution is 2.25. The van der Waals surface area contributed by atoms with Crippen LogP contribution < -0.4 is 0 Å². The highest BCUT2D eigenvalue weighted by atomic mass is 16.3. The summed E-state index contributed by atoms with van der Waals surface area (Å²) < 4.78 is 1.73. The van der Waals surface area contributed by atoms with Crippen LogP contribution in [-0.4, -0.2) is 20.3 Å². The van der Waals surface area contributed by atoms with Crippen molar-refractivity contribution in [3.8, 4) is 6.07 Å². The predicted octanol–water partition coefficient (Wildman–Crippen LogP) is 2.17. The van der Waals surface area contributed by atoms with Gasteiger partial charge in [-0.05, 0) is 26.0 Å². The number of hydrogen-bond acceptors (Lipinski definition) is 3. The van der Waals surface area contributed by atoms with E-state index < -0.39 is 5.60 Å². The van der Waals surface area contributed by atoms with Crippen LogP contribution in [0.25, 0.3) is 16.7 Å². The standard InChI is InChI=1S/C13H13N3O/c1-13(2,17)12(7-8-14)16-9-15-10-5-3-4-6-11(10)16/h3-7,9,17H,1-2H3/b12-7+. The molecule has 0 saturated heterocycles. The predicted molar refractivity (Wildman–Crippen MR) is 65.9 cm³/mol. The number of aromatic nitrogens is 2. The normalized spacial score (nSPS) is 12.7. The molecule has 4 nitrogen and oxygen atoms in total. The minimum absolute atomic E-state index is 0.508. The van der Waals surface area contributed by atoms with Gasteiger partial charge in [0.15, 0.2) is 0 Å². The van der Waals surface area contributed by atoms with Crippen LogP contribution in [0.3, 0.4) is 0 Å². The molecule has 0 bridgehead atoms. The zero-order chi connectivity index (χ0) is 12.5. The third-order valence-electron chi connectivity index (χ3n) is 2.54. The first-order valence-electron chi connectivity index (χ1n) is 5.29. The monoisotopic (exact) mass is 227 g/mol. The third kappa shape index (κ3) is 2.05. The van der Waals surface area contributed by atoms with Crippen LogP contribution in [0.2, 0.25) is 0 Å². The smallest absolute Gasteiger partial charge is 0.100 e. The van der Waals surface area contributed by atoms with Gasteiger partial charge in [-0.25, -0.2) is 4.98 Å². The van der Waals surface area contributed by atoms with Crippen LogP contribution >= 0.6 is 0 Å². The van der Waals surface area contributed by atoms with E-state index in [-0.39, 0.29) is 0 Å². The summed E-state index contributed by atoms with van der Waals surface area (Å²) in [5, 5.41) is 18.9. The molecule has 1 heterocycles. The Balaban J connectivity index is 2.67. The first-order chi connectivity index (χ1) is 8.04. The summed E-state index contributed by atoms with van der Waals surface area (Å²) in [4.78, 5) is 4.24. The van der Waals surface area contributed by atoms with Gasteiger partial charge in [0.05, 0.1) is 22.8 Å². The lowest BCUT2D eigenvalue weighted by atomic mass is 10.0. The van der Waals surface area contributed by atoms with Crippen molar-refractivity contribution in [1.29, 1.82) is 5.26 Å². The van der Waals surface area contributed by atoms with Crippen molar-refractivity contribution in [3.63, 3.8) is 0 Å². The largest absolute Gasteiger partial charge is 0.384 e. The topological polar surface area (TPSA) is 61.8 Å². The zero-order valence-electron chi connectivity index (χ0n) is 9.75. The number of para-hydroxylation sites is 2. The van der Waals surface area contributed by atoms with Crippen LogP contribution in [0.15, 0.2) is 36.7 Å². The quantitative estimate of drug-likeness (QED) is 0.800. The molecule has 0 aliphatic carbocycles. The van der Waals surface area contributed by atoms with E-state index in [9.17, 15) is 5.11 Å². The van der Waals surface area contributed by atoms with Gasteiger partial charge in [-0.1, -0.05) is 12.1 Å². The Kier molecular flexibility index (Phi) is 2.70. The second-order valence-electron chi connectivity index (χ2n) is 4.32. The molecule has 0 saturated carbocycles. The number of aliphatic hydroxyl groups is 1. The van der Waals surface area contributed by atoms with E-state index >= 15 is 0 Å². The summed E-state index contributed by atoms with van der Waals surface area (Å²) in [5.41, 5.74) is 1.12. The number of allylic oxidation sites excluding steroid dienone is 1. The zero-order valence-corrected chi connectivity index (χ0v) is 9.75. The van der Waals surface area contributed by atoms with E-state index in [2.05, 4.69) is 4.98 Å². The van der Waals surface area contributed by atoms with E-state index in [1.54, 1.807) is 24.7 Å². The van der Waals surface area contributed by atoms with E-state index in [0.717, 1.165) is 11.0 Å². The van der Waals surface area contributed by atoms with Crippen LogP contribution in [0.1, 0.15) is 13.8 Å². The van der Waals surface area contributed by atoms with Crippen molar-refractivity contribution in [2.24, 2.45) is 0 Å². The van der Waals surface area contributed by atoms with Crippen LogP contribution in [0, 0.1) is 11.3 Å². The molecule has 2 aromatic rings. The molecule has 1 aromatic carbocycles. The maximum absolute atomic E-state index is 10.1. The lowest BCUT2D eigenvalue weighted by Crippen LogP contribution is -2.24. The third-order valence-corrected chi connectivity index (χ3v) is 2.54. The Hall–Kier alpha value is -2.12. The lowest BCUT2D eigenvalue weighted by molar-refractivity contribution is 0.138. The van der Waals surface area contributed by atoms with Gasteiger partial charge in [-0.3, -0.25) is 4.57 Å². The molecule has 0 aliphatic heterocycles. The van der Waals surface area contributed by atoms with Crippen LogP contribution in [0.4, 0.5) is 0 Å². The number of hydrogen-bond donors (Lipinski definition) is 1. The fourth-order valence-electron chi connectivity index (χ4n) is 1.75. The molecule has 4 heteroatoms. The number of nitrogens with zero attached hydrogens (tertiary/aromatic N) is 3. The molecule has 0 aliphatic rings. The Morgan fingerprint density at radius 3 is 2.82 bits per heavy atom. The number of nitriles is 1. The van der Waals surface area contributed by atoms with Crippen LogP contribution in [-0.2, 0) is 0 Å². The summed E-state index contributed by atoms with van der Waals surface area (Å²) >= 11 is 0. The molecule has 2 rings (SSSR count). The Bertz CT molecular complexity index is 611. The molecule has 17 heavy (non-hydrogen) atoms. The van der Waals surface area contributed by atoms with E-state index in [0.29, 0.717) is 5.70 Å². The van der Waals surface area contributed by atoms with Crippen molar-refractivity contribution in [1.82, 2.24) is 9.55 Å². The van der Waals surface area contributed by atoms with Crippen molar-refractivity contribution >= 4 is 16.7 Å². The van der Waals surface area contributed by atoms with Gasteiger partial charge in [0, 0.05) is 6.08 Å². The summed E-state index contributed by atoms with van der Waals surface area (Å²) in [6.45, 7) is 3.29. The summed E-state index contributed by atoms with van der Waals surface area (Å²) in [7, 11) is 0. The summed E-state index contributed by atoms with van der Waals surface area (Å²) in [6, 6.07) is 9.55.